The fourth-order valence-corrected chi connectivity index (χ4v) is 3.99. The van der Waals surface area contributed by atoms with E-state index in [1.54, 1.807) is 0 Å². The maximum Gasteiger partial charge on any atom is 0.246 e. The van der Waals surface area contributed by atoms with Gasteiger partial charge in [-0.3, -0.25) is 4.90 Å². The molecule has 0 atom stereocenters. The SMILES string of the molecule is CN(C)c1ccc(-c2nnc(N3CCN(CCO)CC3)nc2-c2ccc(N(C)C)cc2)cc1. The molecule has 1 aliphatic rings. The van der Waals surface area contributed by atoms with Crippen LogP contribution in [-0.2, 0) is 0 Å². The zero-order valence-corrected chi connectivity index (χ0v) is 19.9. The summed E-state index contributed by atoms with van der Waals surface area (Å²) < 4.78 is 0. The van der Waals surface area contributed by atoms with Crippen LogP contribution in [0.15, 0.2) is 48.5 Å². The van der Waals surface area contributed by atoms with E-state index in [1.165, 1.54) is 0 Å². The van der Waals surface area contributed by atoms with Crippen LogP contribution in [0.4, 0.5) is 17.3 Å². The van der Waals surface area contributed by atoms with E-state index < -0.39 is 0 Å². The van der Waals surface area contributed by atoms with Crippen LogP contribution in [0.1, 0.15) is 0 Å². The molecule has 1 N–H and O–H groups in total. The first-order valence-corrected chi connectivity index (χ1v) is 11.3. The van der Waals surface area contributed by atoms with Crippen LogP contribution in [0.5, 0.6) is 0 Å². The van der Waals surface area contributed by atoms with E-state index in [9.17, 15) is 5.11 Å². The monoisotopic (exact) mass is 447 g/mol. The number of piperazine rings is 1. The summed E-state index contributed by atoms with van der Waals surface area (Å²) in [7, 11) is 8.13. The van der Waals surface area contributed by atoms with Gasteiger partial charge in [-0.25, -0.2) is 4.98 Å². The number of aromatic nitrogens is 3. The van der Waals surface area contributed by atoms with Gasteiger partial charge < -0.3 is 19.8 Å². The van der Waals surface area contributed by atoms with Crippen LogP contribution in [0, 0.1) is 0 Å². The highest BCUT2D eigenvalue weighted by Crippen LogP contribution is 2.31. The maximum absolute atomic E-state index is 9.21. The van der Waals surface area contributed by atoms with E-state index in [1.807, 2.05) is 28.2 Å². The van der Waals surface area contributed by atoms with Gasteiger partial charge in [0.25, 0.3) is 0 Å². The minimum atomic E-state index is 0.187. The average molecular weight is 448 g/mol. The maximum atomic E-state index is 9.21. The molecule has 1 fully saturated rings. The highest BCUT2D eigenvalue weighted by atomic mass is 16.3. The molecule has 0 aliphatic carbocycles. The van der Waals surface area contributed by atoms with Crippen molar-refractivity contribution in [3.8, 4) is 22.5 Å². The molecule has 1 aromatic heterocycles. The summed E-state index contributed by atoms with van der Waals surface area (Å²) in [6.45, 7) is 4.29. The van der Waals surface area contributed by atoms with Gasteiger partial charge in [0.1, 0.15) is 11.4 Å². The Morgan fingerprint density at radius 2 is 1.24 bits per heavy atom. The topological polar surface area (TPSA) is 71.9 Å². The number of hydrogen-bond donors (Lipinski definition) is 1. The van der Waals surface area contributed by atoms with Crippen molar-refractivity contribution in [2.45, 2.75) is 0 Å². The minimum absolute atomic E-state index is 0.187. The van der Waals surface area contributed by atoms with Gasteiger partial charge in [-0.15, -0.1) is 10.2 Å². The number of anilines is 3. The second kappa shape index (κ2) is 10.1. The molecule has 0 amide bonds. The van der Waals surface area contributed by atoms with E-state index >= 15 is 0 Å². The smallest absolute Gasteiger partial charge is 0.246 e. The molecule has 1 saturated heterocycles. The normalized spacial score (nSPS) is 14.4. The molecule has 3 aromatic rings. The molecule has 1 aliphatic heterocycles. The van der Waals surface area contributed by atoms with Crippen LogP contribution < -0.4 is 14.7 Å². The lowest BCUT2D eigenvalue weighted by molar-refractivity contribution is 0.188. The molecule has 174 valence electrons. The molecule has 0 saturated carbocycles. The molecule has 0 unspecified atom stereocenters. The van der Waals surface area contributed by atoms with Crippen molar-refractivity contribution >= 4 is 17.3 Å². The number of hydrogen-bond acceptors (Lipinski definition) is 8. The molecule has 0 spiro atoms. The number of rotatable bonds is 7. The molecule has 2 heterocycles. The third-order valence-electron chi connectivity index (χ3n) is 6.06. The molecule has 8 heteroatoms. The first-order valence-electron chi connectivity index (χ1n) is 11.3. The summed E-state index contributed by atoms with van der Waals surface area (Å²) in [5.74, 6) is 0.652. The molecular formula is C25H33N7O. The van der Waals surface area contributed by atoms with Gasteiger partial charge >= 0.3 is 0 Å². The first kappa shape index (κ1) is 22.9. The lowest BCUT2D eigenvalue weighted by Gasteiger charge is -2.34. The van der Waals surface area contributed by atoms with Crippen LogP contribution in [0.25, 0.3) is 22.5 Å². The summed E-state index contributed by atoms with van der Waals surface area (Å²) in [5, 5.41) is 18.4. The fraction of sp³-hybridized carbons (Fsp3) is 0.400. The summed E-state index contributed by atoms with van der Waals surface area (Å²) in [5.41, 5.74) is 5.89. The van der Waals surface area contributed by atoms with Crippen molar-refractivity contribution < 1.29 is 5.11 Å². The van der Waals surface area contributed by atoms with Crippen molar-refractivity contribution in [2.24, 2.45) is 0 Å². The molecule has 33 heavy (non-hydrogen) atoms. The summed E-state index contributed by atoms with van der Waals surface area (Å²) in [6, 6.07) is 16.7. The third-order valence-corrected chi connectivity index (χ3v) is 6.06. The van der Waals surface area contributed by atoms with Crippen LogP contribution in [0.2, 0.25) is 0 Å². The van der Waals surface area contributed by atoms with Gasteiger partial charge in [0, 0.05) is 83.4 Å². The molecule has 0 radical (unpaired) electrons. The second-order valence-corrected chi connectivity index (χ2v) is 8.74. The quantitative estimate of drug-likeness (QED) is 0.592. The van der Waals surface area contributed by atoms with Gasteiger partial charge in [-0.1, -0.05) is 24.3 Å². The Kier molecular flexibility index (Phi) is 7.05. The molecular weight excluding hydrogens is 414 g/mol. The van der Waals surface area contributed by atoms with Crippen molar-refractivity contribution in [1.82, 2.24) is 20.1 Å². The molecule has 8 nitrogen and oxygen atoms in total. The largest absolute Gasteiger partial charge is 0.395 e. The van der Waals surface area contributed by atoms with Gasteiger partial charge in [-0.2, -0.15) is 0 Å². The second-order valence-electron chi connectivity index (χ2n) is 8.74. The Balaban J connectivity index is 1.70. The Morgan fingerprint density at radius 1 is 0.727 bits per heavy atom. The van der Waals surface area contributed by atoms with Crippen LogP contribution >= 0.6 is 0 Å². The van der Waals surface area contributed by atoms with Gasteiger partial charge in [0.05, 0.1) is 6.61 Å². The number of aliphatic hydroxyl groups is 1. The Hall–Kier alpha value is -3.23. The predicted molar refractivity (Wildman–Crippen MR) is 135 cm³/mol. The van der Waals surface area contributed by atoms with Crippen molar-refractivity contribution in [2.75, 3.05) is 82.2 Å². The lowest BCUT2D eigenvalue weighted by Crippen LogP contribution is -2.47. The third kappa shape index (κ3) is 5.23. The number of nitrogens with zero attached hydrogens (tertiary/aromatic N) is 7. The van der Waals surface area contributed by atoms with Crippen molar-refractivity contribution in [3.63, 3.8) is 0 Å². The minimum Gasteiger partial charge on any atom is -0.395 e. The summed E-state index contributed by atoms with van der Waals surface area (Å²) in [4.78, 5) is 13.6. The van der Waals surface area contributed by atoms with Crippen LogP contribution in [-0.4, -0.2) is 92.7 Å². The van der Waals surface area contributed by atoms with Crippen molar-refractivity contribution in [3.05, 3.63) is 48.5 Å². The van der Waals surface area contributed by atoms with Gasteiger partial charge in [0.2, 0.25) is 5.95 Å². The fourth-order valence-electron chi connectivity index (χ4n) is 3.99. The van der Waals surface area contributed by atoms with Gasteiger partial charge in [-0.05, 0) is 24.3 Å². The Labute approximate surface area is 196 Å². The average Bonchev–Trinajstić information content (AvgIpc) is 2.84. The number of benzene rings is 2. The molecule has 0 bridgehead atoms. The number of β-amino-alcohol motifs (C(OH)–C–C–N with tert-alkyl or cyclic N) is 1. The Morgan fingerprint density at radius 3 is 1.73 bits per heavy atom. The molecule has 4 rings (SSSR count). The zero-order chi connectivity index (χ0) is 23.4. The number of aliphatic hydroxyl groups excluding tert-OH is 1. The van der Waals surface area contributed by atoms with Crippen molar-refractivity contribution in [1.29, 1.82) is 0 Å². The summed E-state index contributed by atoms with van der Waals surface area (Å²) in [6.07, 6.45) is 0. The van der Waals surface area contributed by atoms with E-state index in [-0.39, 0.29) is 6.61 Å². The van der Waals surface area contributed by atoms with E-state index in [0.29, 0.717) is 12.5 Å². The molecule has 2 aromatic carbocycles. The standard InChI is InChI=1S/C25H33N7O/c1-29(2)21-9-5-19(6-10-21)23-24(20-7-11-22(12-8-20)30(3)4)27-28-25(26-23)32-15-13-31(14-16-32)17-18-33/h5-12,33H,13-18H2,1-4H3. The highest BCUT2D eigenvalue weighted by molar-refractivity contribution is 5.79. The van der Waals surface area contributed by atoms with E-state index in [4.69, 9.17) is 4.98 Å². The lowest BCUT2D eigenvalue weighted by atomic mass is 10.0. The Bertz CT molecular complexity index is 1040. The van der Waals surface area contributed by atoms with E-state index in [2.05, 4.69) is 78.3 Å². The summed E-state index contributed by atoms with van der Waals surface area (Å²) >= 11 is 0. The highest BCUT2D eigenvalue weighted by Gasteiger charge is 2.21. The first-order chi connectivity index (χ1) is 16.0. The predicted octanol–water partition coefficient (Wildman–Crippen LogP) is 2.45. The zero-order valence-electron chi connectivity index (χ0n) is 19.9. The van der Waals surface area contributed by atoms with Crippen LogP contribution in [0.3, 0.4) is 0 Å². The van der Waals surface area contributed by atoms with E-state index in [0.717, 1.165) is 60.1 Å². The van der Waals surface area contributed by atoms with Gasteiger partial charge in [0.15, 0.2) is 0 Å².